The smallest absolute Gasteiger partial charge is 0.333 e. The van der Waals surface area contributed by atoms with Crippen LogP contribution in [0.4, 0.5) is 4.79 Å². The summed E-state index contributed by atoms with van der Waals surface area (Å²) in [5.74, 6) is -0.448. The summed E-state index contributed by atoms with van der Waals surface area (Å²) in [6, 6.07) is 13.9. The molecule has 0 spiro atoms. The zero-order valence-electron chi connectivity index (χ0n) is 17.6. The number of rotatable bonds is 8. The molecule has 0 atom stereocenters. The normalized spacial score (nSPS) is 10.6. The maximum absolute atomic E-state index is 12.4. The molecular formula is C22H24Cl2N6O2. The Morgan fingerprint density at radius 2 is 1.53 bits per heavy atom. The van der Waals surface area contributed by atoms with Gasteiger partial charge in [-0.05, 0) is 30.7 Å². The van der Waals surface area contributed by atoms with Gasteiger partial charge in [-0.3, -0.25) is 10.2 Å². The van der Waals surface area contributed by atoms with Crippen molar-refractivity contribution in [1.29, 1.82) is 0 Å². The molecule has 0 radical (unpaired) electrons. The first kappa shape index (κ1) is 23.6. The number of nitrogens with one attached hydrogen (secondary N) is 3. The second kappa shape index (κ2) is 11.5. The van der Waals surface area contributed by atoms with E-state index in [1.807, 2.05) is 24.3 Å². The molecule has 1 heterocycles. The summed E-state index contributed by atoms with van der Waals surface area (Å²) in [7, 11) is 0. The summed E-state index contributed by atoms with van der Waals surface area (Å²) in [5, 5.41) is 12.3. The van der Waals surface area contributed by atoms with Gasteiger partial charge in [0.1, 0.15) is 12.2 Å². The van der Waals surface area contributed by atoms with E-state index in [0.717, 1.165) is 30.4 Å². The standard InChI is InChI=1S/C22H24Cl2N6O2/c1-2-3-4-13-25-22(32)28-26-19(31)14-30-21(16-7-11-18(24)12-8-16)20(27-29-30)15-5-9-17(23)10-6-15/h5-12H,2-4,13-14H2,1H3,(H,26,31)(H2,25,28,32). The first-order valence-corrected chi connectivity index (χ1v) is 11.0. The number of carbonyl (C=O) groups excluding carboxylic acids is 2. The molecule has 0 unspecified atom stereocenters. The van der Waals surface area contributed by atoms with Crippen molar-refractivity contribution in [3.05, 3.63) is 58.6 Å². The number of nitrogens with zero attached hydrogens (tertiary/aromatic N) is 3. The van der Waals surface area contributed by atoms with Crippen molar-refractivity contribution in [3.63, 3.8) is 0 Å². The van der Waals surface area contributed by atoms with Crippen molar-refractivity contribution < 1.29 is 9.59 Å². The van der Waals surface area contributed by atoms with Crippen molar-refractivity contribution in [2.75, 3.05) is 6.54 Å². The zero-order valence-corrected chi connectivity index (χ0v) is 19.1. The van der Waals surface area contributed by atoms with E-state index in [2.05, 4.69) is 33.4 Å². The summed E-state index contributed by atoms with van der Waals surface area (Å²) in [6.07, 6.45) is 2.98. The number of benzene rings is 2. The Morgan fingerprint density at radius 1 is 0.906 bits per heavy atom. The Balaban J connectivity index is 1.74. The van der Waals surface area contributed by atoms with Crippen LogP contribution in [0.5, 0.6) is 0 Å². The average Bonchev–Trinajstić information content (AvgIpc) is 3.19. The van der Waals surface area contributed by atoms with E-state index >= 15 is 0 Å². The molecule has 3 N–H and O–H groups in total. The minimum Gasteiger partial charge on any atom is -0.337 e. The first-order valence-electron chi connectivity index (χ1n) is 10.3. The van der Waals surface area contributed by atoms with Gasteiger partial charge in [0.2, 0.25) is 0 Å². The second-order valence-corrected chi connectivity index (χ2v) is 7.97. The predicted octanol–water partition coefficient (Wildman–Crippen LogP) is 4.44. The highest BCUT2D eigenvalue weighted by Gasteiger charge is 2.19. The number of urea groups is 1. The molecule has 1 aromatic heterocycles. The Bertz CT molecular complexity index is 1050. The maximum atomic E-state index is 12.4. The Morgan fingerprint density at radius 3 is 2.16 bits per heavy atom. The van der Waals surface area contributed by atoms with Gasteiger partial charge in [0.25, 0.3) is 5.91 Å². The van der Waals surface area contributed by atoms with Crippen LogP contribution in [0.25, 0.3) is 22.5 Å². The lowest BCUT2D eigenvalue weighted by Crippen LogP contribution is -2.48. The third-order valence-corrected chi connectivity index (χ3v) is 5.15. The third-order valence-electron chi connectivity index (χ3n) is 4.65. The number of carbonyl (C=O) groups is 2. The molecule has 2 aromatic carbocycles. The summed E-state index contributed by atoms with van der Waals surface area (Å²) in [4.78, 5) is 24.2. The molecule has 8 nitrogen and oxygen atoms in total. The fourth-order valence-corrected chi connectivity index (χ4v) is 3.29. The van der Waals surface area contributed by atoms with Crippen LogP contribution in [0.3, 0.4) is 0 Å². The fourth-order valence-electron chi connectivity index (χ4n) is 3.04. The summed E-state index contributed by atoms with van der Waals surface area (Å²) < 4.78 is 1.48. The van der Waals surface area contributed by atoms with Crippen LogP contribution in [-0.2, 0) is 11.3 Å². The average molecular weight is 475 g/mol. The number of unbranched alkanes of at least 4 members (excludes halogenated alkanes) is 2. The fraction of sp³-hybridized carbons (Fsp3) is 0.273. The monoisotopic (exact) mass is 474 g/mol. The van der Waals surface area contributed by atoms with E-state index in [-0.39, 0.29) is 6.54 Å². The minimum atomic E-state index is -0.465. The lowest BCUT2D eigenvalue weighted by Gasteiger charge is -2.11. The zero-order chi connectivity index (χ0) is 22.9. The Labute approximate surface area is 196 Å². The van der Waals surface area contributed by atoms with Crippen LogP contribution >= 0.6 is 23.2 Å². The summed E-state index contributed by atoms with van der Waals surface area (Å²) in [5.41, 5.74) is 7.57. The highest BCUT2D eigenvalue weighted by atomic mass is 35.5. The summed E-state index contributed by atoms with van der Waals surface area (Å²) in [6.45, 7) is 2.49. The number of amides is 3. The molecular weight excluding hydrogens is 451 g/mol. The largest absolute Gasteiger partial charge is 0.337 e. The molecule has 32 heavy (non-hydrogen) atoms. The van der Waals surface area contributed by atoms with Gasteiger partial charge in [0.05, 0.1) is 5.69 Å². The van der Waals surface area contributed by atoms with Gasteiger partial charge in [-0.15, -0.1) is 5.10 Å². The highest BCUT2D eigenvalue weighted by molar-refractivity contribution is 6.31. The molecule has 10 heteroatoms. The highest BCUT2D eigenvalue weighted by Crippen LogP contribution is 2.31. The molecule has 0 saturated carbocycles. The Kier molecular flexibility index (Phi) is 8.47. The molecule has 3 rings (SSSR count). The lowest BCUT2D eigenvalue weighted by molar-refractivity contribution is -0.122. The van der Waals surface area contributed by atoms with Crippen molar-refractivity contribution in [2.45, 2.75) is 32.7 Å². The molecule has 3 amide bonds. The van der Waals surface area contributed by atoms with E-state index in [9.17, 15) is 9.59 Å². The van der Waals surface area contributed by atoms with E-state index in [0.29, 0.717) is 28.0 Å². The number of aromatic nitrogens is 3. The van der Waals surface area contributed by atoms with Gasteiger partial charge >= 0.3 is 6.03 Å². The number of hydrogen-bond acceptors (Lipinski definition) is 4. The molecule has 0 aliphatic heterocycles. The first-order chi connectivity index (χ1) is 15.5. The van der Waals surface area contributed by atoms with Gasteiger partial charge < -0.3 is 5.32 Å². The molecule has 0 bridgehead atoms. The molecule has 0 aliphatic carbocycles. The SMILES string of the molecule is CCCCCNC(=O)NNC(=O)Cn1nnc(-c2ccc(Cl)cc2)c1-c1ccc(Cl)cc1. The van der Waals surface area contributed by atoms with Gasteiger partial charge in [-0.1, -0.05) is 72.4 Å². The molecule has 0 fully saturated rings. The molecule has 0 saturated heterocycles. The van der Waals surface area contributed by atoms with Crippen molar-refractivity contribution in [1.82, 2.24) is 31.2 Å². The Hall–Kier alpha value is -3.10. The molecule has 0 aliphatic rings. The van der Waals surface area contributed by atoms with E-state index in [4.69, 9.17) is 23.2 Å². The van der Waals surface area contributed by atoms with Crippen LogP contribution in [0.2, 0.25) is 10.0 Å². The maximum Gasteiger partial charge on any atom is 0.333 e. The van der Waals surface area contributed by atoms with Crippen LogP contribution < -0.4 is 16.2 Å². The quantitative estimate of drug-likeness (QED) is 0.331. The van der Waals surface area contributed by atoms with Gasteiger partial charge in [-0.2, -0.15) is 0 Å². The molecule has 168 valence electrons. The van der Waals surface area contributed by atoms with Crippen LogP contribution in [0.1, 0.15) is 26.2 Å². The van der Waals surface area contributed by atoms with Crippen molar-refractivity contribution in [2.24, 2.45) is 0 Å². The predicted molar refractivity (Wildman–Crippen MR) is 125 cm³/mol. The molecule has 3 aromatic rings. The number of hydrazine groups is 1. The topological polar surface area (TPSA) is 101 Å². The van der Waals surface area contributed by atoms with Gasteiger partial charge in [0.15, 0.2) is 0 Å². The number of hydrogen-bond donors (Lipinski definition) is 3. The van der Waals surface area contributed by atoms with Crippen LogP contribution in [0.15, 0.2) is 48.5 Å². The van der Waals surface area contributed by atoms with E-state index < -0.39 is 11.9 Å². The lowest BCUT2D eigenvalue weighted by atomic mass is 10.0. The summed E-state index contributed by atoms with van der Waals surface area (Å²) >= 11 is 12.0. The van der Waals surface area contributed by atoms with Gasteiger partial charge in [-0.25, -0.2) is 14.9 Å². The van der Waals surface area contributed by atoms with Crippen LogP contribution in [-0.4, -0.2) is 33.5 Å². The second-order valence-electron chi connectivity index (χ2n) is 7.09. The van der Waals surface area contributed by atoms with Gasteiger partial charge in [0, 0.05) is 27.7 Å². The van der Waals surface area contributed by atoms with Crippen molar-refractivity contribution >= 4 is 35.1 Å². The van der Waals surface area contributed by atoms with E-state index in [1.165, 1.54) is 4.68 Å². The third kappa shape index (κ3) is 6.45. The van der Waals surface area contributed by atoms with Crippen LogP contribution in [0, 0.1) is 0 Å². The van der Waals surface area contributed by atoms with E-state index in [1.54, 1.807) is 24.3 Å². The number of halogens is 2. The minimum absolute atomic E-state index is 0.144. The van der Waals surface area contributed by atoms with Crippen molar-refractivity contribution in [3.8, 4) is 22.5 Å².